The highest BCUT2D eigenvalue weighted by atomic mass is 35.5. The zero-order valence-corrected chi connectivity index (χ0v) is 12.7. The molecule has 0 aliphatic heterocycles. The van der Waals surface area contributed by atoms with Crippen LogP contribution in [0.4, 0.5) is 10.1 Å². The molecule has 2 aromatic carbocycles. The molecule has 3 aromatic rings. The molecule has 3 rings (SSSR count). The number of rotatable bonds is 2. The summed E-state index contributed by atoms with van der Waals surface area (Å²) in [5.41, 5.74) is 1.57. The molecule has 0 radical (unpaired) electrons. The van der Waals surface area contributed by atoms with Crippen LogP contribution in [0.3, 0.4) is 0 Å². The van der Waals surface area contributed by atoms with E-state index in [1.54, 1.807) is 30.3 Å². The molecule has 0 unspecified atom stereocenters. The van der Waals surface area contributed by atoms with E-state index in [0.29, 0.717) is 21.0 Å². The van der Waals surface area contributed by atoms with Gasteiger partial charge in [-0.2, -0.15) is 0 Å². The molecule has 0 bridgehead atoms. The van der Waals surface area contributed by atoms with Gasteiger partial charge in [-0.1, -0.05) is 23.7 Å². The molecule has 0 aliphatic rings. The van der Waals surface area contributed by atoms with Crippen LogP contribution >= 0.6 is 22.9 Å². The minimum atomic E-state index is -0.318. The maximum Gasteiger partial charge on any atom is 0.265 e. The number of benzene rings is 2. The molecule has 1 N–H and O–H groups in total. The summed E-state index contributed by atoms with van der Waals surface area (Å²) in [5.74, 6) is -0.581. The average Bonchev–Trinajstić information content (AvgIpc) is 2.88. The largest absolute Gasteiger partial charge is 0.321 e. The molecular weight excluding hydrogens is 309 g/mol. The Kier molecular flexibility index (Phi) is 3.66. The second-order valence-electron chi connectivity index (χ2n) is 4.68. The SMILES string of the molecule is Cc1ccc(Cl)cc1NC(=O)c1cc2c(F)cccc2s1. The van der Waals surface area contributed by atoms with E-state index in [2.05, 4.69) is 5.32 Å². The number of thiophene rings is 1. The lowest BCUT2D eigenvalue weighted by molar-refractivity contribution is 0.103. The first-order valence-electron chi connectivity index (χ1n) is 6.30. The van der Waals surface area contributed by atoms with Crippen molar-refractivity contribution in [3.8, 4) is 0 Å². The van der Waals surface area contributed by atoms with Crippen molar-refractivity contribution < 1.29 is 9.18 Å². The van der Waals surface area contributed by atoms with E-state index >= 15 is 0 Å². The van der Waals surface area contributed by atoms with Gasteiger partial charge in [0, 0.05) is 20.8 Å². The lowest BCUT2D eigenvalue weighted by Crippen LogP contribution is -2.11. The van der Waals surface area contributed by atoms with E-state index in [4.69, 9.17) is 11.6 Å². The predicted molar refractivity (Wildman–Crippen MR) is 85.9 cm³/mol. The van der Waals surface area contributed by atoms with Crippen LogP contribution in [-0.2, 0) is 0 Å². The Morgan fingerprint density at radius 2 is 2.05 bits per heavy atom. The van der Waals surface area contributed by atoms with Crippen molar-refractivity contribution in [2.24, 2.45) is 0 Å². The van der Waals surface area contributed by atoms with Crippen LogP contribution < -0.4 is 5.32 Å². The van der Waals surface area contributed by atoms with Gasteiger partial charge in [-0.15, -0.1) is 11.3 Å². The van der Waals surface area contributed by atoms with Gasteiger partial charge in [0.15, 0.2) is 0 Å². The Morgan fingerprint density at radius 1 is 1.24 bits per heavy atom. The fraction of sp³-hybridized carbons (Fsp3) is 0.0625. The number of nitrogens with one attached hydrogen (secondary N) is 1. The lowest BCUT2D eigenvalue weighted by atomic mass is 10.2. The summed E-state index contributed by atoms with van der Waals surface area (Å²) < 4.78 is 14.4. The summed E-state index contributed by atoms with van der Waals surface area (Å²) in [7, 11) is 0. The van der Waals surface area contributed by atoms with Gasteiger partial charge in [-0.05, 0) is 42.8 Å². The third-order valence-corrected chi connectivity index (χ3v) is 4.51. The van der Waals surface area contributed by atoms with E-state index in [1.165, 1.54) is 17.4 Å². The summed E-state index contributed by atoms with van der Waals surface area (Å²) in [6.07, 6.45) is 0. The smallest absolute Gasteiger partial charge is 0.265 e. The van der Waals surface area contributed by atoms with Gasteiger partial charge in [0.1, 0.15) is 5.82 Å². The first-order valence-corrected chi connectivity index (χ1v) is 7.49. The minimum absolute atomic E-state index is 0.263. The highest BCUT2D eigenvalue weighted by Gasteiger charge is 2.13. The summed E-state index contributed by atoms with van der Waals surface area (Å²) >= 11 is 7.20. The van der Waals surface area contributed by atoms with Gasteiger partial charge in [0.05, 0.1) is 4.88 Å². The van der Waals surface area contributed by atoms with E-state index < -0.39 is 0 Å². The Morgan fingerprint density at radius 3 is 2.81 bits per heavy atom. The van der Waals surface area contributed by atoms with Crippen molar-refractivity contribution in [2.75, 3.05) is 5.32 Å². The van der Waals surface area contributed by atoms with Crippen molar-refractivity contribution in [3.05, 3.63) is 63.7 Å². The molecule has 0 aliphatic carbocycles. The maximum absolute atomic E-state index is 13.7. The van der Waals surface area contributed by atoms with Crippen LogP contribution in [-0.4, -0.2) is 5.91 Å². The zero-order valence-electron chi connectivity index (χ0n) is 11.1. The molecule has 5 heteroatoms. The Hall–Kier alpha value is -1.91. The minimum Gasteiger partial charge on any atom is -0.321 e. The van der Waals surface area contributed by atoms with E-state index in [-0.39, 0.29) is 11.7 Å². The third-order valence-electron chi connectivity index (χ3n) is 3.18. The fourth-order valence-corrected chi connectivity index (χ4v) is 3.19. The molecule has 2 nitrogen and oxygen atoms in total. The van der Waals surface area contributed by atoms with Crippen molar-refractivity contribution in [1.82, 2.24) is 0 Å². The van der Waals surface area contributed by atoms with Crippen molar-refractivity contribution >= 4 is 44.6 Å². The zero-order chi connectivity index (χ0) is 15.0. The number of anilines is 1. The summed E-state index contributed by atoms with van der Waals surface area (Å²) in [5, 5.41) is 3.83. The molecule has 1 amide bonds. The third kappa shape index (κ3) is 2.77. The van der Waals surface area contributed by atoms with Gasteiger partial charge >= 0.3 is 0 Å². The first-order chi connectivity index (χ1) is 10.0. The topological polar surface area (TPSA) is 29.1 Å². The number of halogens is 2. The lowest BCUT2D eigenvalue weighted by Gasteiger charge is -2.07. The van der Waals surface area contributed by atoms with Crippen molar-refractivity contribution in [3.63, 3.8) is 0 Å². The molecular formula is C16H11ClFNOS. The van der Waals surface area contributed by atoms with Gasteiger partial charge in [0.25, 0.3) is 5.91 Å². The van der Waals surface area contributed by atoms with E-state index in [0.717, 1.165) is 10.3 Å². The number of carbonyl (C=O) groups excluding carboxylic acids is 1. The quantitative estimate of drug-likeness (QED) is 0.686. The van der Waals surface area contributed by atoms with Crippen LogP contribution in [0.15, 0.2) is 42.5 Å². The number of hydrogen-bond donors (Lipinski definition) is 1. The molecule has 21 heavy (non-hydrogen) atoms. The fourth-order valence-electron chi connectivity index (χ4n) is 2.05. The molecule has 1 heterocycles. The summed E-state index contributed by atoms with van der Waals surface area (Å²) in [4.78, 5) is 12.8. The average molecular weight is 320 g/mol. The van der Waals surface area contributed by atoms with Gasteiger partial charge < -0.3 is 5.32 Å². The van der Waals surface area contributed by atoms with E-state index in [9.17, 15) is 9.18 Å². The number of amides is 1. The van der Waals surface area contributed by atoms with Crippen molar-refractivity contribution in [1.29, 1.82) is 0 Å². The molecule has 0 saturated heterocycles. The number of aryl methyl sites for hydroxylation is 1. The second kappa shape index (κ2) is 5.47. The van der Waals surface area contributed by atoms with Crippen LogP contribution in [0.1, 0.15) is 15.2 Å². The Balaban J connectivity index is 1.93. The Labute approximate surface area is 130 Å². The van der Waals surface area contributed by atoms with Crippen LogP contribution in [0.25, 0.3) is 10.1 Å². The summed E-state index contributed by atoms with van der Waals surface area (Å²) in [6.45, 7) is 1.89. The number of hydrogen-bond acceptors (Lipinski definition) is 2. The van der Waals surface area contributed by atoms with Crippen LogP contribution in [0.2, 0.25) is 5.02 Å². The van der Waals surface area contributed by atoms with E-state index in [1.807, 2.05) is 13.0 Å². The highest BCUT2D eigenvalue weighted by molar-refractivity contribution is 7.20. The molecule has 0 spiro atoms. The molecule has 0 atom stereocenters. The molecule has 1 aromatic heterocycles. The monoisotopic (exact) mass is 319 g/mol. The highest BCUT2D eigenvalue weighted by Crippen LogP contribution is 2.29. The van der Waals surface area contributed by atoms with Gasteiger partial charge in [-0.3, -0.25) is 4.79 Å². The predicted octanol–water partition coefficient (Wildman–Crippen LogP) is 5.25. The van der Waals surface area contributed by atoms with Crippen LogP contribution in [0.5, 0.6) is 0 Å². The maximum atomic E-state index is 13.7. The number of fused-ring (bicyclic) bond motifs is 1. The number of carbonyl (C=O) groups is 1. The van der Waals surface area contributed by atoms with Gasteiger partial charge in [-0.25, -0.2) is 4.39 Å². The normalized spacial score (nSPS) is 10.8. The molecule has 0 saturated carbocycles. The molecule has 0 fully saturated rings. The standard InChI is InChI=1S/C16H11ClFNOS/c1-9-5-6-10(17)7-13(9)19-16(20)15-8-11-12(18)3-2-4-14(11)21-15/h2-8H,1H3,(H,19,20). The second-order valence-corrected chi connectivity index (χ2v) is 6.20. The first kappa shape index (κ1) is 14.0. The Bertz CT molecular complexity index is 843. The molecule has 106 valence electrons. The van der Waals surface area contributed by atoms with Crippen molar-refractivity contribution in [2.45, 2.75) is 6.92 Å². The van der Waals surface area contributed by atoms with Crippen LogP contribution in [0, 0.1) is 12.7 Å². The summed E-state index contributed by atoms with van der Waals surface area (Å²) in [6, 6.07) is 11.7. The van der Waals surface area contributed by atoms with Gasteiger partial charge in [0.2, 0.25) is 0 Å².